The van der Waals surface area contributed by atoms with E-state index >= 15 is 0 Å². The smallest absolute Gasteiger partial charge is 0.246 e. The monoisotopic (exact) mass is 485 g/mol. The molecule has 0 aliphatic carbocycles. The van der Waals surface area contributed by atoms with Gasteiger partial charge in [0.25, 0.3) is 0 Å². The number of aryl methyl sites for hydroxylation is 1. The van der Waals surface area contributed by atoms with E-state index in [1.165, 1.54) is 0 Å². The minimum atomic E-state index is 0.179. The molecule has 1 aliphatic rings. The second-order valence-corrected chi connectivity index (χ2v) is 8.30. The van der Waals surface area contributed by atoms with Gasteiger partial charge in [0.15, 0.2) is 5.11 Å². The first-order valence-electron chi connectivity index (χ1n) is 9.54. The highest BCUT2D eigenvalue weighted by molar-refractivity contribution is 9.10. The van der Waals surface area contributed by atoms with E-state index in [1.807, 2.05) is 54.3 Å². The van der Waals surface area contributed by atoms with Gasteiger partial charge in [-0.05, 0) is 61.5 Å². The average Bonchev–Trinajstić information content (AvgIpc) is 3.36. The van der Waals surface area contributed by atoms with Gasteiger partial charge in [0, 0.05) is 34.4 Å². The minimum absolute atomic E-state index is 0.179. The molecule has 0 spiro atoms. The molecule has 9 heteroatoms. The maximum absolute atomic E-state index is 12.0. The van der Waals surface area contributed by atoms with E-state index in [-0.39, 0.29) is 5.91 Å². The van der Waals surface area contributed by atoms with Crippen molar-refractivity contribution >= 4 is 50.5 Å². The molecule has 0 atom stereocenters. The third-order valence-electron chi connectivity index (χ3n) is 4.77. The van der Waals surface area contributed by atoms with Crippen molar-refractivity contribution in [3.05, 3.63) is 58.4 Å². The number of benzene rings is 2. The number of thiocarbonyl (C=S) groups is 1. The number of amides is 1. The van der Waals surface area contributed by atoms with E-state index in [1.54, 1.807) is 0 Å². The fraction of sp³-hybridized carbons (Fsp3) is 0.238. The Morgan fingerprint density at radius 2 is 2.17 bits per heavy atom. The molecule has 1 saturated heterocycles. The van der Waals surface area contributed by atoms with Crippen LogP contribution in [-0.2, 0) is 11.3 Å². The summed E-state index contributed by atoms with van der Waals surface area (Å²) in [7, 11) is 0. The molecule has 7 nitrogen and oxygen atoms in total. The van der Waals surface area contributed by atoms with E-state index in [4.69, 9.17) is 16.7 Å². The molecule has 1 amide bonds. The van der Waals surface area contributed by atoms with Gasteiger partial charge in [-0.15, -0.1) is 0 Å². The van der Waals surface area contributed by atoms with Crippen molar-refractivity contribution in [3.63, 3.8) is 0 Å². The number of hydrogen-bond acceptors (Lipinski definition) is 5. The Kier molecular flexibility index (Phi) is 6.10. The maximum Gasteiger partial charge on any atom is 0.246 e. The molecule has 0 radical (unpaired) electrons. The van der Waals surface area contributed by atoms with Crippen LogP contribution in [0.1, 0.15) is 24.3 Å². The van der Waals surface area contributed by atoms with E-state index in [2.05, 4.69) is 36.7 Å². The van der Waals surface area contributed by atoms with Crippen molar-refractivity contribution in [2.45, 2.75) is 26.3 Å². The summed E-state index contributed by atoms with van der Waals surface area (Å²) >= 11 is 8.81. The summed E-state index contributed by atoms with van der Waals surface area (Å²) in [4.78, 5) is 18.2. The first-order chi connectivity index (χ1) is 14.5. The lowest BCUT2D eigenvalue weighted by Crippen LogP contribution is -2.28. The first-order valence-corrected chi connectivity index (χ1v) is 10.7. The number of anilines is 2. The second-order valence-electron chi connectivity index (χ2n) is 6.98. The van der Waals surface area contributed by atoms with Crippen LogP contribution in [-0.4, -0.2) is 27.7 Å². The number of nitrogens with one attached hydrogen (secondary N) is 2. The highest BCUT2D eigenvalue weighted by Crippen LogP contribution is 2.27. The molecule has 1 aromatic heterocycles. The lowest BCUT2D eigenvalue weighted by molar-refractivity contribution is -0.117. The van der Waals surface area contributed by atoms with E-state index < -0.39 is 0 Å². The first kappa shape index (κ1) is 20.5. The fourth-order valence-corrected chi connectivity index (χ4v) is 3.93. The number of carbonyl (C=O) groups is 1. The summed E-state index contributed by atoms with van der Waals surface area (Å²) < 4.78 is 6.25. The zero-order valence-electron chi connectivity index (χ0n) is 16.3. The van der Waals surface area contributed by atoms with Gasteiger partial charge < -0.3 is 20.1 Å². The number of halogens is 1. The van der Waals surface area contributed by atoms with Crippen molar-refractivity contribution in [2.24, 2.45) is 0 Å². The lowest BCUT2D eigenvalue weighted by Gasteiger charge is -2.19. The predicted molar refractivity (Wildman–Crippen MR) is 123 cm³/mol. The Morgan fingerprint density at radius 1 is 1.30 bits per heavy atom. The van der Waals surface area contributed by atoms with Gasteiger partial charge in [0.1, 0.15) is 0 Å². The third kappa shape index (κ3) is 4.68. The van der Waals surface area contributed by atoms with E-state index in [9.17, 15) is 4.79 Å². The Bertz CT molecular complexity index is 1100. The Hall–Kier alpha value is -2.78. The van der Waals surface area contributed by atoms with Gasteiger partial charge >= 0.3 is 0 Å². The minimum Gasteiger partial charge on any atom is -0.353 e. The molecule has 0 bridgehead atoms. The van der Waals surface area contributed by atoms with Crippen LogP contribution in [0.5, 0.6) is 0 Å². The molecule has 0 saturated carbocycles. The summed E-state index contributed by atoms with van der Waals surface area (Å²) in [6, 6.07) is 13.5. The second kappa shape index (κ2) is 8.93. The molecule has 1 fully saturated rings. The highest BCUT2D eigenvalue weighted by Gasteiger charge is 2.23. The fourth-order valence-electron chi connectivity index (χ4n) is 3.34. The van der Waals surface area contributed by atoms with Gasteiger partial charge in [0.05, 0.1) is 6.54 Å². The van der Waals surface area contributed by atoms with Crippen molar-refractivity contribution in [1.29, 1.82) is 0 Å². The average molecular weight is 486 g/mol. The van der Waals surface area contributed by atoms with Crippen LogP contribution in [0.15, 0.2) is 51.5 Å². The molecule has 3 aromatic rings. The van der Waals surface area contributed by atoms with Gasteiger partial charge in [-0.3, -0.25) is 4.79 Å². The van der Waals surface area contributed by atoms with Gasteiger partial charge in [-0.25, -0.2) is 0 Å². The van der Waals surface area contributed by atoms with Crippen molar-refractivity contribution in [2.75, 3.05) is 16.8 Å². The predicted octanol–water partition coefficient (Wildman–Crippen LogP) is 4.42. The van der Waals surface area contributed by atoms with Crippen LogP contribution < -0.4 is 15.5 Å². The zero-order valence-corrected chi connectivity index (χ0v) is 18.7. The number of carbonyl (C=O) groups excluding carboxylic acids is 1. The van der Waals surface area contributed by atoms with Crippen LogP contribution in [0, 0.1) is 6.92 Å². The molecule has 2 N–H and O–H groups in total. The molecular formula is C21H20BrN5O2S. The number of hydrogen-bond donors (Lipinski definition) is 2. The molecule has 0 unspecified atom stereocenters. The molecule has 2 heterocycles. The molecule has 154 valence electrons. The van der Waals surface area contributed by atoms with Gasteiger partial charge in [-0.1, -0.05) is 33.2 Å². The van der Waals surface area contributed by atoms with E-state index in [0.29, 0.717) is 29.8 Å². The Morgan fingerprint density at radius 3 is 2.90 bits per heavy atom. The maximum atomic E-state index is 12.0. The number of nitrogens with zero attached hydrogens (tertiary/aromatic N) is 3. The standard InChI is InChI=1S/C21H20BrN5O2S/c1-13-10-16(7-8-17(13)27-9-3-6-19(27)28)24-21(30)23-12-18-25-20(26-29-18)14-4-2-5-15(22)11-14/h2,4-5,7-8,10-11H,3,6,9,12H2,1H3,(H2,23,24,30). The molecule has 30 heavy (non-hydrogen) atoms. The molecule has 1 aliphatic heterocycles. The summed E-state index contributed by atoms with van der Waals surface area (Å²) in [5.74, 6) is 1.14. The SMILES string of the molecule is Cc1cc(NC(=S)NCc2nc(-c3cccc(Br)c3)no2)ccc1N1CCCC1=O. The van der Waals surface area contributed by atoms with Crippen LogP contribution in [0.4, 0.5) is 11.4 Å². The largest absolute Gasteiger partial charge is 0.353 e. The normalized spacial score (nSPS) is 13.5. The Balaban J connectivity index is 1.34. The zero-order chi connectivity index (χ0) is 21.1. The van der Waals surface area contributed by atoms with Gasteiger partial charge in [0.2, 0.25) is 17.6 Å². The molecule has 2 aromatic carbocycles. The van der Waals surface area contributed by atoms with Crippen LogP contribution in [0.2, 0.25) is 0 Å². The van der Waals surface area contributed by atoms with Crippen molar-refractivity contribution < 1.29 is 9.32 Å². The molecular weight excluding hydrogens is 466 g/mol. The summed E-state index contributed by atoms with van der Waals surface area (Å²) in [6.07, 6.45) is 1.53. The summed E-state index contributed by atoms with van der Waals surface area (Å²) in [5, 5.41) is 10.7. The topological polar surface area (TPSA) is 83.3 Å². The van der Waals surface area contributed by atoms with Crippen LogP contribution in [0.25, 0.3) is 11.4 Å². The summed E-state index contributed by atoms with van der Waals surface area (Å²) in [5.41, 5.74) is 3.69. The number of aromatic nitrogens is 2. The quantitative estimate of drug-likeness (QED) is 0.517. The van der Waals surface area contributed by atoms with Crippen molar-refractivity contribution in [1.82, 2.24) is 15.5 Å². The van der Waals surface area contributed by atoms with Gasteiger partial charge in [-0.2, -0.15) is 4.98 Å². The Labute approximate surface area is 188 Å². The lowest BCUT2D eigenvalue weighted by atomic mass is 10.1. The highest BCUT2D eigenvalue weighted by atomic mass is 79.9. The van der Waals surface area contributed by atoms with Crippen LogP contribution in [0.3, 0.4) is 0 Å². The van der Waals surface area contributed by atoms with Crippen molar-refractivity contribution in [3.8, 4) is 11.4 Å². The third-order valence-corrected chi connectivity index (χ3v) is 5.51. The summed E-state index contributed by atoms with van der Waals surface area (Å²) in [6.45, 7) is 3.08. The van der Waals surface area contributed by atoms with Crippen LogP contribution >= 0.6 is 28.1 Å². The molecule has 4 rings (SSSR count). The number of rotatable bonds is 5. The van der Waals surface area contributed by atoms with E-state index in [0.717, 1.165) is 39.9 Å².